The van der Waals surface area contributed by atoms with Crippen molar-refractivity contribution in [1.29, 1.82) is 0 Å². The van der Waals surface area contributed by atoms with E-state index >= 15 is 0 Å². The minimum absolute atomic E-state index is 0.300. The van der Waals surface area contributed by atoms with E-state index in [0.717, 1.165) is 32.5 Å². The second-order valence-electron chi connectivity index (χ2n) is 5.66. The summed E-state index contributed by atoms with van der Waals surface area (Å²) in [6.07, 6.45) is 3.25. The molecule has 1 aliphatic carbocycles. The molecule has 0 radical (unpaired) electrons. The van der Waals surface area contributed by atoms with Crippen molar-refractivity contribution in [3.63, 3.8) is 0 Å². The molecular weight excluding hydrogens is 240 g/mol. The second kappa shape index (κ2) is 5.61. The number of benzene rings is 1. The molecule has 2 atom stereocenters. The fraction of sp³-hybridized carbons (Fsp3) is 0.625. The maximum atomic E-state index is 6.07. The summed E-state index contributed by atoms with van der Waals surface area (Å²) >= 11 is 0. The zero-order chi connectivity index (χ0) is 13.1. The molecule has 1 heterocycles. The number of hydrogen-bond donors (Lipinski definition) is 0. The largest absolute Gasteiger partial charge is 0.373 e. The summed E-state index contributed by atoms with van der Waals surface area (Å²) in [5.41, 5.74) is 1.24. The molecule has 1 aliphatic heterocycles. The van der Waals surface area contributed by atoms with E-state index in [9.17, 15) is 0 Å². The molecule has 1 saturated heterocycles. The van der Waals surface area contributed by atoms with Crippen LogP contribution < -0.4 is 0 Å². The monoisotopic (exact) mass is 262 g/mol. The number of rotatable bonds is 3. The van der Waals surface area contributed by atoms with Gasteiger partial charge in [0.2, 0.25) is 0 Å². The van der Waals surface area contributed by atoms with Gasteiger partial charge in [-0.15, -0.1) is 0 Å². The molecule has 3 rings (SSSR count). The minimum Gasteiger partial charge on any atom is -0.373 e. The molecule has 1 spiro atoms. The third-order valence-electron chi connectivity index (χ3n) is 4.20. The molecule has 1 unspecified atom stereocenters. The Bertz CT molecular complexity index is 398. The maximum absolute atomic E-state index is 6.07. The second-order valence-corrected chi connectivity index (χ2v) is 5.66. The van der Waals surface area contributed by atoms with Crippen LogP contribution in [0.1, 0.15) is 31.7 Å². The first-order valence-corrected chi connectivity index (χ1v) is 7.21. The van der Waals surface area contributed by atoms with Crippen LogP contribution in [-0.4, -0.2) is 25.1 Å². The Balaban J connectivity index is 1.53. The van der Waals surface area contributed by atoms with E-state index in [1.165, 1.54) is 5.56 Å². The highest BCUT2D eigenvalue weighted by Crippen LogP contribution is 2.39. The number of ether oxygens (including phenoxy) is 3. The summed E-state index contributed by atoms with van der Waals surface area (Å²) in [5, 5.41) is 0. The van der Waals surface area contributed by atoms with E-state index in [1.807, 2.05) is 6.07 Å². The molecular formula is C16H22O3. The fourth-order valence-corrected chi connectivity index (χ4v) is 3.16. The zero-order valence-electron chi connectivity index (χ0n) is 11.5. The van der Waals surface area contributed by atoms with E-state index in [0.29, 0.717) is 18.6 Å². The lowest BCUT2D eigenvalue weighted by Gasteiger charge is -2.39. The first kappa shape index (κ1) is 13.1. The van der Waals surface area contributed by atoms with Crippen LogP contribution in [0.4, 0.5) is 0 Å². The average Bonchev–Trinajstić information content (AvgIpc) is 2.87. The van der Waals surface area contributed by atoms with Crippen LogP contribution in [0, 0.1) is 5.92 Å². The third kappa shape index (κ3) is 2.99. The van der Waals surface area contributed by atoms with Gasteiger partial charge in [0, 0.05) is 12.8 Å². The van der Waals surface area contributed by atoms with Gasteiger partial charge in [0.05, 0.1) is 25.9 Å². The van der Waals surface area contributed by atoms with Crippen LogP contribution in [-0.2, 0) is 20.8 Å². The summed E-state index contributed by atoms with van der Waals surface area (Å²) in [6.45, 7) is 4.41. The maximum Gasteiger partial charge on any atom is 0.168 e. The van der Waals surface area contributed by atoms with Crippen LogP contribution in [0.5, 0.6) is 0 Å². The van der Waals surface area contributed by atoms with Crippen molar-refractivity contribution in [1.82, 2.24) is 0 Å². The van der Waals surface area contributed by atoms with Crippen molar-refractivity contribution >= 4 is 0 Å². The Morgan fingerprint density at radius 2 is 1.95 bits per heavy atom. The quantitative estimate of drug-likeness (QED) is 0.837. The zero-order valence-corrected chi connectivity index (χ0v) is 11.5. The van der Waals surface area contributed by atoms with Crippen LogP contribution in [0.25, 0.3) is 0 Å². The van der Waals surface area contributed by atoms with Gasteiger partial charge in [-0.3, -0.25) is 0 Å². The highest BCUT2D eigenvalue weighted by atomic mass is 16.7. The van der Waals surface area contributed by atoms with Crippen molar-refractivity contribution in [3.05, 3.63) is 35.9 Å². The summed E-state index contributed by atoms with van der Waals surface area (Å²) in [6, 6.07) is 10.4. The molecule has 2 fully saturated rings. The Morgan fingerprint density at radius 1 is 1.21 bits per heavy atom. The average molecular weight is 262 g/mol. The molecule has 1 aromatic carbocycles. The smallest absolute Gasteiger partial charge is 0.168 e. The van der Waals surface area contributed by atoms with Gasteiger partial charge in [0.1, 0.15) is 0 Å². The lowest BCUT2D eigenvalue weighted by atomic mass is 9.83. The van der Waals surface area contributed by atoms with Crippen LogP contribution in [0.15, 0.2) is 30.3 Å². The van der Waals surface area contributed by atoms with Crippen LogP contribution in [0.2, 0.25) is 0 Å². The predicted molar refractivity (Wildman–Crippen MR) is 72.7 cm³/mol. The van der Waals surface area contributed by atoms with Gasteiger partial charge in [-0.25, -0.2) is 0 Å². The minimum atomic E-state index is -0.300. The molecule has 19 heavy (non-hydrogen) atoms. The first-order valence-electron chi connectivity index (χ1n) is 7.21. The first-order chi connectivity index (χ1) is 9.27. The molecule has 3 heteroatoms. The van der Waals surface area contributed by atoms with Gasteiger partial charge < -0.3 is 14.2 Å². The SMILES string of the molecule is C[C@H]1CC2(CCC1OCc1ccccc1)OCCO2. The van der Waals surface area contributed by atoms with Gasteiger partial charge in [0.25, 0.3) is 0 Å². The van der Waals surface area contributed by atoms with Crippen molar-refractivity contribution in [2.45, 2.75) is 44.7 Å². The molecule has 0 bridgehead atoms. The van der Waals surface area contributed by atoms with Crippen LogP contribution in [0.3, 0.4) is 0 Å². The van der Waals surface area contributed by atoms with Gasteiger partial charge >= 0.3 is 0 Å². The topological polar surface area (TPSA) is 27.7 Å². The summed E-state index contributed by atoms with van der Waals surface area (Å²) in [7, 11) is 0. The normalized spacial score (nSPS) is 29.7. The third-order valence-corrected chi connectivity index (χ3v) is 4.20. The van der Waals surface area contributed by atoms with Gasteiger partial charge in [-0.05, 0) is 17.9 Å². The molecule has 1 aromatic rings. The van der Waals surface area contributed by atoms with E-state index in [4.69, 9.17) is 14.2 Å². The van der Waals surface area contributed by atoms with Gasteiger partial charge in [-0.1, -0.05) is 37.3 Å². The van der Waals surface area contributed by atoms with Crippen LogP contribution >= 0.6 is 0 Å². The highest BCUT2D eigenvalue weighted by molar-refractivity contribution is 5.13. The fourth-order valence-electron chi connectivity index (χ4n) is 3.16. The Kier molecular flexibility index (Phi) is 3.87. The lowest BCUT2D eigenvalue weighted by molar-refractivity contribution is -0.206. The van der Waals surface area contributed by atoms with E-state index in [2.05, 4.69) is 31.2 Å². The Labute approximate surface area is 114 Å². The van der Waals surface area contributed by atoms with E-state index in [1.54, 1.807) is 0 Å². The molecule has 0 aromatic heterocycles. The molecule has 0 amide bonds. The standard InChI is InChI=1S/C16H22O3/c1-13-11-16(18-9-10-19-16)8-7-15(13)17-12-14-5-3-2-4-6-14/h2-6,13,15H,7-12H2,1H3/t13-,15?/m0/s1. The molecule has 2 aliphatic rings. The predicted octanol–water partition coefficient (Wildman–Crippen LogP) is 3.13. The summed E-state index contributed by atoms with van der Waals surface area (Å²) < 4.78 is 17.6. The van der Waals surface area contributed by atoms with Crippen molar-refractivity contribution in [2.24, 2.45) is 5.92 Å². The van der Waals surface area contributed by atoms with Crippen molar-refractivity contribution in [3.8, 4) is 0 Å². The molecule has 3 nitrogen and oxygen atoms in total. The van der Waals surface area contributed by atoms with Gasteiger partial charge in [-0.2, -0.15) is 0 Å². The van der Waals surface area contributed by atoms with Crippen molar-refractivity contribution in [2.75, 3.05) is 13.2 Å². The lowest BCUT2D eigenvalue weighted by Crippen LogP contribution is -2.42. The Morgan fingerprint density at radius 3 is 2.63 bits per heavy atom. The van der Waals surface area contributed by atoms with Gasteiger partial charge in [0.15, 0.2) is 5.79 Å². The summed E-state index contributed by atoms with van der Waals surface area (Å²) in [4.78, 5) is 0. The molecule has 0 N–H and O–H groups in total. The Hall–Kier alpha value is -0.900. The number of hydrogen-bond acceptors (Lipinski definition) is 3. The van der Waals surface area contributed by atoms with E-state index < -0.39 is 0 Å². The van der Waals surface area contributed by atoms with E-state index in [-0.39, 0.29) is 5.79 Å². The molecule has 1 saturated carbocycles. The molecule has 104 valence electrons. The highest BCUT2D eigenvalue weighted by Gasteiger charge is 2.43. The van der Waals surface area contributed by atoms with Crippen molar-refractivity contribution < 1.29 is 14.2 Å². The summed E-state index contributed by atoms with van der Waals surface area (Å²) in [5.74, 6) is 0.182.